The largest absolute Gasteiger partial charge is 0.478 e. The summed E-state index contributed by atoms with van der Waals surface area (Å²) < 4.78 is 68.1. The Morgan fingerprint density at radius 1 is 0.878 bits per heavy atom. The molecule has 212 valence electrons. The van der Waals surface area contributed by atoms with Gasteiger partial charge in [-0.25, -0.2) is 9.48 Å². The minimum Gasteiger partial charge on any atom is -0.478 e. The number of hydrogen-bond acceptors (Lipinski definition) is 9. The van der Waals surface area contributed by atoms with Gasteiger partial charge in [0.05, 0.1) is 18.3 Å². The highest BCUT2D eigenvalue weighted by molar-refractivity contribution is 7.86. The third-order valence-electron chi connectivity index (χ3n) is 5.68. The van der Waals surface area contributed by atoms with Crippen LogP contribution in [-0.4, -0.2) is 46.8 Å². The average molecular weight is 600 g/mol. The van der Waals surface area contributed by atoms with E-state index in [1.54, 1.807) is 6.07 Å². The van der Waals surface area contributed by atoms with Crippen LogP contribution in [0.2, 0.25) is 0 Å². The third-order valence-corrected chi connectivity index (χ3v) is 7.49. The smallest absolute Gasteiger partial charge is 0.337 e. The van der Waals surface area contributed by atoms with Crippen molar-refractivity contribution in [2.24, 2.45) is 10.2 Å². The van der Waals surface area contributed by atoms with Crippen LogP contribution < -0.4 is 11.3 Å². The van der Waals surface area contributed by atoms with E-state index < -0.39 is 41.6 Å². The topological polar surface area (TPSA) is 235 Å². The van der Waals surface area contributed by atoms with Gasteiger partial charge in [-0.05, 0) is 47.0 Å². The number of nitrogen functional groups attached to an aromatic ring is 1. The molecule has 1 heterocycles. The zero-order chi connectivity index (χ0) is 29.9. The van der Waals surface area contributed by atoms with E-state index in [2.05, 4.69) is 15.3 Å². The van der Waals surface area contributed by atoms with Gasteiger partial charge in [0.15, 0.2) is 5.69 Å². The number of H-pyrrole nitrogens is 1. The average Bonchev–Trinajstić information content (AvgIpc) is 3.24. The Bertz CT molecular complexity index is 1990. The quantitative estimate of drug-likeness (QED) is 0.0811. The molecule has 0 saturated carbocycles. The summed E-state index contributed by atoms with van der Waals surface area (Å²) in [6.45, 7) is -0.169. The van der Waals surface area contributed by atoms with Crippen LogP contribution in [0, 0.1) is 0 Å². The Morgan fingerprint density at radius 2 is 1.46 bits per heavy atom. The van der Waals surface area contributed by atoms with E-state index in [9.17, 15) is 40.6 Å². The number of nitrogens with two attached hydrogens (primary N) is 1. The predicted octanol–water partition coefficient (Wildman–Crippen LogP) is 3.58. The highest BCUT2D eigenvalue weighted by atomic mass is 32.2. The lowest BCUT2D eigenvalue weighted by atomic mass is 10.1. The minimum absolute atomic E-state index is 0.0117. The van der Waals surface area contributed by atoms with Crippen molar-refractivity contribution in [1.29, 1.82) is 0 Å². The molecule has 1 aromatic heterocycles. The van der Waals surface area contributed by atoms with E-state index in [1.807, 2.05) is 0 Å². The molecule has 0 saturated heterocycles. The van der Waals surface area contributed by atoms with Gasteiger partial charge in [0.2, 0.25) is 0 Å². The lowest BCUT2D eigenvalue weighted by molar-refractivity contribution is 0.0697. The Kier molecular flexibility index (Phi) is 8.02. The number of hydrogen-bond donors (Lipinski definition) is 5. The Hall–Kier alpha value is -4.90. The van der Waals surface area contributed by atoms with Gasteiger partial charge >= 0.3 is 5.97 Å². The SMILES string of the molecule is Nc1ccc(/C=C/c2ccc(Cn3[nH]cc(N=Nc4ccccc4C(=O)O)c3=O)cc2S(=O)(=O)O)c(S(=O)(=O)O)c1. The second kappa shape index (κ2) is 11.3. The molecular formula is C25H21N5O9S2. The maximum Gasteiger partial charge on any atom is 0.337 e. The fourth-order valence-corrected chi connectivity index (χ4v) is 5.20. The van der Waals surface area contributed by atoms with Crippen LogP contribution in [0.1, 0.15) is 27.0 Å². The second-order valence-corrected chi connectivity index (χ2v) is 11.3. The van der Waals surface area contributed by atoms with Crippen molar-refractivity contribution < 1.29 is 35.8 Å². The number of aromatic carboxylic acids is 1. The van der Waals surface area contributed by atoms with Gasteiger partial charge in [0.25, 0.3) is 25.8 Å². The maximum absolute atomic E-state index is 12.8. The van der Waals surface area contributed by atoms with Crippen LogP contribution in [-0.2, 0) is 26.8 Å². The van der Waals surface area contributed by atoms with Crippen LogP contribution in [0.5, 0.6) is 0 Å². The van der Waals surface area contributed by atoms with Crippen molar-refractivity contribution in [1.82, 2.24) is 9.78 Å². The molecule has 3 aromatic carbocycles. The molecule has 14 nitrogen and oxygen atoms in total. The molecule has 4 aromatic rings. The number of carbonyl (C=O) groups is 1. The molecule has 0 bridgehead atoms. The van der Waals surface area contributed by atoms with Gasteiger partial charge < -0.3 is 15.9 Å². The molecule has 6 N–H and O–H groups in total. The number of nitrogens with one attached hydrogen (secondary N) is 1. The van der Waals surface area contributed by atoms with E-state index in [-0.39, 0.29) is 45.9 Å². The van der Waals surface area contributed by atoms with Gasteiger partial charge in [-0.15, -0.1) is 10.2 Å². The monoisotopic (exact) mass is 599 g/mol. The molecule has 0 spiro atoms. The zero-order valence-corrected chi connectivity index (χ0v) is 22.4. The third kappa shape index (κ3) is 6.82. The molecule has 0 atom stereocenters. The number of anilines is 1. The fourth-order valence-electron chi connectivity index (χ4n) is 3.75. The standard InChI is InChI=1S/C25H21N5O9S2/c26-18-10-9-17(23(12-18)41(37,38)39)8-7-16-6-5-15(11-22(16)40(34,35)36)14-30-24(31)21(13-27-30)29-28-20-4-2-1-3-19(20)25(32)33/h1-13,27H,14,26H2,(H,32,33)(H,34,35,36)(H,37,38,39)/b8-7+,29-28?. The fraction of sp³-hybridized carbons (Fsp3) is 0.0400. The van der Waals surface area contributed by atoms with Crippen LogP contribution in [0.4, 0.5) is 17.1 Å². The minimum atomic E-state index is -4.77. The zero-order valence-electron chi connectivity index (χ0n) is 20.7. The van der Waals surface area contributed by atoms with Gasteiger partial charge in [-0.1, -0.05) is 42.5 Å². The van der Waals surface area contributed by atoms with E-state index in [0.717, 1.165) is 16.8 Å². The number of aromatic nitrogens is 2. The highest BCUT2D eigenvalue weighted by Crippen LogP contribution is 2.25. The molecule has 0 radical (unpaired) electrons. The van der Waals surface area contributed by atoms with Crippen molar-refractivity contribution in [3.8, 4) is 0 Å². The van der Waals surface area contributed by atoms with Gasteiger partial charge in [0.1, 0.15) is 15.5 Å². The molecule has 0 aliphatic rings. The molecule has 0 fully saturated rings. The lowest BCUT2D eigenvalue weighted by Gasteiger charge is -2.08. The molecule has 0 amide bonds. The highest BCUT2D eigenvalue weighted by Gasteiger charge is 2.18. The molecule has 0 aliphatic carbocycles. The number of benzene rings is 3. The number of rotatable bonds is 9. The maximum atomic E-state index is 12.8. The molecule has 0 aliphatic heterocycles. The van der Waals surface area contributed by atoms with Gasteiger partial charge in [-0.2, -0.15) is 16.8 Å². The number of aromatic amines is 1. The van der Waals surface area contributed by atoms with Crippen molar-refractivity contribution in [2.75, 3.05) is 5.73 Å². The van der Waals surface area contributed by atoms with E-state index in [4.69, 9.17) is 5.73 Å². The Morgan fingerprint density at radius 3 is 2.10 bits per heavy atom. The Balaban J connectivity index is 1.64. The van der Waals surface area contributed by atoms with E-state index in [1.165, 1.54) is 60.8 Å². The summed E-state index contributed by atoms with van der Waals surface area (Å²) in [6.07, 6.45) is 3.68. The van der Waals surface area contributed by atoms with Crippen LogP contribution in [0.25, 0.3) is 12.2 Å². The van der Waals surface area contributed by atoms with Crippen LogP contribution in [0.15, 0.2) is 91.7 Å². The first kappa shape index (κ1) is 29.1. The Labute approximate surface area is 232 Å². The first-order chi connectivity index (χ1) is 19.2. The second-order valence-electron chi connectivity index (χ2n) is 8.53. The van der Waals surface area contributed by atoms with E-state index in [0.29, 0.717) is 0 Å². The van der Waals surface area contributed by atoms with Crippen molar-refractivity contribution in [2.45, 2.75) is 16.3 Å². The molecule has 41 heavy (non-hydrogen) atoms. The van der Waals surface area contributed by atoms with Gasteiger partial charge in [0, 0.05) is 5.69 Å². The number of carboxylic acid groups (broad SMARTS) is 1. The van der Waals surface area contributed by atoms with Crippen molar-refractivity contribution >= 4 is 55.4 Å². The normalized spacial score (nSPS) is 12.3. The van der Waals surface area contributed by atoms with E-state index >= 15 is 0 Å². The predicted molar refractivity (Wildman–Crippen MR) is 148 cm³/mol. The summed E-state index contributed by atoms with van der Waals surface area (Å²) in [5.74, 6) is -1.22. The van der Waals surface area contributed by atoms with Crippen LogP contribution >= 0.6 is 0 Å². The lowest BCUT2D eigenvalue weighted by Crippen LogP contribution is -2.17. The summed E-state index contributed by atoms with van der Waals surface area (Å²) in [7, 11) is -9.41. The number of carboxylic acids is 1. The van der Waals surface area contributed by atoms with Crippen LogP contribution in [0.3, 0.4) is 0 Å². The van der Waals surface area contributed by atoms with Gasteiger partial charge in [-0.3, -0.25) is 13.9 Å². The first-order valence-electron chi connectivity index (χ1n) is 11.4. The molecule has 16 heteroatoms. The van der Waals surface area contributed by atoms with Crippen molar-refractivity contribution in [3.63, 3.8) is 0 Å². The number of nitrogens with zero attached hydrogens (tertiary/aromatic N) is 3. The summed E-state index contributed by atoms with van der Waals surface area (Å²) in [5, 5.41) is 19.6. The first-order valence-corrected chi connectivity index (χ1v) is 14.3. The number of azo groups is 1. The summed E-state index contributed by atoms with van der Waals surface area (Å²) in [5.41, 5.74) is 5.10. The summed E-state index contributed by atoms with van der Waals surface area (Å²) in [4.78, 5) is 23.1. The molecule has 0 unspecified atom stereocenters. The van der Waals surface area contributed by atoms with Crippen molar-refractivity contribution in [3.05, 3.63) is 99.5 Å². The molecule has 4 rings (SSSR count). The molecular weight excluding hydrogens is 578 g/mol. The summed E-state index contributed by atoms with van der Waals surface area (Å²) >= 11 is 0. The summed E-state index contributed by atoms with van der Waals surface area (Å²) in [6, 6.07) is 13.5.